The summed E-state index contributed by atoms with van der Waals surface area (Å²) < 4.78 is 4.50. The predicted octanol–water partition coefficient (Wildman–Crippen LogP) is 1.19. The van der Waals surface area contributed by atoms with Gasteiger partial charge in [-0.1, -0.05) is 19.3 Å². The molecule has 1 saturated heterocycles. The van der Waals surface area contributed by atoms with Crippen molar-refractivity contribution < 1.29 is 4.74 Å². The Balaban J connectivity index is 0.0000000600. The maximum absolute atomic E-state index is 4.50. The van der Waals surface area contributed by atoms with E-state index >= 15 is 0 Å². The molecule has 2 fully saturated rings. The van der Waals surface area contributed by atoms with Crippen LogP contribution in [0.15, 0.2) is 0 Å². The van der Waals surface area contributed by atoms with Gasteiger partial charge in [0, 0.05) is 0 Å². The van der Waals surface area contributed by atoms with Gasteiger partial charge in [-0.3, -0.25) is 0 Å². The second-order valence-electron chi connectivity index (χ2n) is 1.67. The quantitative estimate of drug-likeness (QED) is 0.403. The minimum Gasteiger partial charge on any atom is -0.377 e. The van der Waals surface area contributed by atoms with E-state index in [1.807, 2.05) is 0 Å². The van der Waals surface area contributed by atoms with Crippen molar-refractivity contribution in [3.63, 3.8) is 0 Å². The fourth-order valence-corrected chi connectivity index (χ4v) is 0. The van der Waals surface area contributed by atoms with Crippen molar-refractivity contribution in [1.82, 2.24) is 0 Å². The molecule has 1 saturated carbocycles. The summed E-state index contributed by atoms with van der Waals surface area (Å²) in [5.41, 5.74) is 0. The van der Waals surface area contributed by atoms with Gasteiger partial charge in [0.05, 0.1) is 13.2 Å². The summed E-state index contributed by atoms with van der Waals surface area (Å²) in [6.07, 6.45) is 4.50. The van der Waals surface area contributed by atoms with E-state index in [1.165, 1.54) is 19.3 Å². The summed E-state index contributed by atoms with van der Waals surface area (Å²) in [5, 5.41) is 0. The molecule has 1 nitrogen and oxygen atoms in total. The summed E-state index contributed by atoms with van der Waals surface area (Å²) in [6, 6.07) is 0. The molecule has 0 aromatic carbocycles. The van der Waals surface area contributed by atoms with Gasteiger partial charge in [0.1, 0.15) is 0 Å². The van der Waals surface area contributed by atoms with Crippen LogP contribution in [0.25, 0.3) is 0 Å². The maximum Gasteiger partial charge on any atom is 0.0701 e. The van der Waals surface area contributed by atoms with Crippen LogP contribution in [-0.4, -0.2) is 13.2 Å². The molecule has 1 heterocycles. The van der Waals surface area contributed by atoms with E-state index in [2.05, 4.69) is 4.74 Å². The second-order valence-corrected chi connectivity index (χ2v) is 1.67. The standard InChI is InChI=1S/C3H6.C2H4O/c2*1-2-3-1/h1-3H2;1-2H2. The largest absolute Gasteiger partial charge is 0.377 e. The highest BCUT2D eigenvalue weighted by atomic mass is 16.6. The molecule has 36 valence electrons. The summed E-state index contributed by atoms with van der Waals surface area (Å²) >= 11 is 0. The van der Waals surface area contributed by atoms with Crippen molar-refractivity contribution in [3.05, 3.63) is 0 Å². The lowest BCUT2D eigenvalue weighted by molar-refractivity contribution is 0.475. The molecule has 0 unspecified atom stereocenters. The molecule has 2 aliphatic rings. The lowest BCUT2D eigenvalue weighted by atomic mass is 11.0. The molecule has 0 aromatic heterocycles. The molecule has 0 amide bonds. The van der Waals surface area contributed by atoms with Crippen molar-refractivity contribution in [3.8, 4) is 0 Å². The summed E-state index contributed by atoms with van der Waals surface area (Å²) in [5.74, 6) is 0. The first-order valence-corrected chi connectivity index (χ1v) is 2.58. The van der Waals surface area contributed by atoms with Gasteiger partial charge >= 0.3 is 0 Å². The van der Waals surface area contributed by atoms with Gasteiger partial charge in [-0.15, -0.1) is 0 Å². The minimum absolute atomic E-state index is 1.00. The molecule has 0 spiro atoms. The van der Waals surface area contributed by atoms with E-state index in [-0.39, 0.29) is 0 Å². The highest BCUT2D eigenvalue weighted by Gasteiger charge is 1.95. The third-order valence-electron chi connectivity index (χ3n) is 0.558. The van der Waals surface area contributed by atoms with E-state index in [4.69, 9.17) is 0 Å². The van der Waals surface area contributed by atoms with E-state index < -0.39 is 0 Å². The average Bonchev–Trinajstić information content (AvgIpc) is 2.31. The Kier molecular flexibility index (Phi) is 1.51. The first kappa shape index (κ1) is 4.13. The molecular weight excluding hydrogens is 76.1 g/mol. The van der Waals surface area contributed by atoms with Crippen LogP contribution in [0.1, 0.15) is 19.3 Å². The Morgan fingerprint density at radius 1 is 0.833 bits per heavy atom. The number of hydrogen-bond donors (Lipinski definition) is 0. The van der Waals surface area contributed by atoms with Crippen LogP contribution in [0.4, 0.5) is 0 Å². The molecule has 0 radical (unpaired) electrons. The van der Waals surface area contributed by atoms with Crippen molar-refractivity contribution in [1.29, 1.82) is 0 Å². The van der Waals surface area contributed by atoms with Gasteiger partial charge < -0.3 is 4.74 Å². The monoisotopic (exact) mass is 86.1 g/mol. The van der Waals surface area contributed by atoms with Crippen molar-refractivity contribution in [2.24, 2.45) is 0 Å². The molecule has 1 heteroatoms. The molecule has 0 bridgehead atoms. The van der Waals surface area contributed by atoms with Crippen LogP contribution in [0.3, 0.4) is 0 Å². The molecular formula is C5H10O. The van der Waals surface area contributed by atoms with E-state index in [1.54, 1.807) is 0 Å². The molecule has 0 N–H and O–H groups in total. The van der Waals surface area contributed by atoms with Crippen molar-refractivity contribution in [2.75, 3.05) is 13.2 Å². The highest BCUT2D eigenvalue weighted by molar-refractivity contribution is 4.50. The maximum atomic E-state index is 4.50. The molecule has 0 aromatic rings. The number of hydrogen-bond acceptors (Lipinski definition) is 1. The van der Waals surface area contributed by atoms with Crippen LogP contribution in [0, 0.1) is 0 Å². The third-order valence-corrected chi connectivity index (χ3v) is 0.558. The first-order chi connectivity index (χ1) is 3.00. The van der Waals surface area contributed by atoms with Crippen LogP contribution >= 0.6 is 0 Å². The van der Waals surface area contributed by atoms with Gasteiger partial charge in [-0.2, -0.15) is 0 Å². The normalized spacial score (nSPS) is 24.0. The fraction of sp³-hybridized carbons (Fsp3) is 1.00. The number of epoxide rings is 1. The van der Waals surface area contributed by atoms with Gasteiger partial charge in [0.2, 0.25) is 0 Å². The second kappa shape index (κ2) is 2.19. The topological polar surface area (TPSA) is 12.5 Å². The molecule has 2 rings (SSSR count). The van der Waals surface area contributed by atoms with Crippen LogP contribution in [-0.2, 0) is 4.74 Å². The number of ether oxygens (including phenoxy) is 1. The molecule has 1 aliphatic heterocycles. The Hall–Kier alpha value is -0.0400. The van der Waals surface area contributed by atoms with Gasteiger partial charge in [0.15, 0.2) is 0 Å². The lowest BCUT2D eigenvalue weighted by Gasteiger charge is -1.24. The van der Waals surface area contributed by atoms with Gasteiger partial charge in [0.25, 0.3) is 0 Å². The SMILES string of the molecule is C1CC1.C1CO1. The average molecular weight is 86.1 g/mol. The summed E-state index contributed by atoms with van der Waals surface area (Å²) in [7, 11) is 0. The molecule has 6 heavy (non-hydrogen) atoms. The molecule has 1 aliphatic carbocycles. The summed E-state index contributed by atoms with van der Waals surface area (Å²) in [4.78, 5) is 0. The minimum atomic E-state index is 1.00. The zero-order valence-corrected chi connectivity index (χ0v) is 3.94. The Labute approximate surface area is 38.3 Å². The van der Waals surface area contributed by atoms with Crippen molar-refractivity contribution >= 4 is 0 Å². The molecule has 0 atom stereocenters. The Morgan fingerprint density at radius 3 is 1.17 bits per heavy atom. The highest BCUT2D eigenvalue weighted by Crippen LogP contribution is 2.14. The fourth-order valence-electron chi connectivity index (χ4n) is 0. The van der Waals surface area contributed by atoms with Crippen LogP contribution in [0.5, 0.6) is 0 Å². The number of rotatable bonds is 0. The predicted molar refractivity (Wildman–Crippen MR) is 24.7 cm³/mol. The summed E-state index contributed by atoms with van der Waals surface area (Å²) in [6.45, 7) is 2.00. The van der Waals surface area contributed by atoms with E-state index in [0.29, 0.717) is 0 Å². The van der Waals surface area contributed by atoms with E-state index in [0.717, 1.165) is 13.2 Å². The zero-order chi connectivity index (χ0) is 4.24. The van der Waals surface area contributed by atoms with E-state index in [9.17, 15) is 0 Å². The Morgan fingerprint density at radius 2 is 1.17 bits per heavy atom. The third kappa shape index (κ3) is 9.03. The van der Waals surface area contributed by atoms with Gasteiger partial charge in [-0.25, -0.2) is 0 Å². The smallest absolute Gasteiger partial charge is 0.0701 e. The Bertz CT molecular complexity index is 19.4. The van der Waals surface area contributed by atoms with Crippen LogP contribution < -0.4 is 0 Å². The first-order valence-electron chi connectivity index (χ1n) is 2.58. The van der Waals surface area contributed by atoms with Gasteiger partial charge in [-0.05, 0) is 0 Å². The lowest BCUT2D eigenvalue weighted by Crippen LogP contribution is -1.20. The van der Waals surface area contributed by atoms with Crippen LogP contribution in [0.2, 0.25) is 0 Å². The van der Waals surface area contributed by atoms with Crippen molar-refractivity contribution in [2.45, 2.75) is 19.3 Å². The zero-order valence-electron chi connectivity index (χ0n) is 3.94.